The maximum atomic E-state index is 12.1. The Labute approximate surface area is 169 Å². The Hall–Kier alpha value is -1.31. The summed E-state index contributed by atoms with van der Waals surface area (Å²) in [6.45, 7) is 11.0. The lowest BCUT2D eigenvalue weighted by molar-refractivity contribution is 0.191. The van der Waals surface area contributed by atoms with Crippen molar-refractivity contribution >= 4 is 15.5 Å². The molecule has 0 amide bonds. The number of anilines is 1. The van der Waals surface area contributed by atoms with Crippen molar-refractivity contribution in [2.24, 2.45) is 17.1 Å². The number of sulfone groups is 1. The molecule has 2 N–H and O–H groups in total. The van der Waals surface area contributed by atoms with E-state index in [0.29, 0.717) is 25.1 Å². The fourth-order valence-electron chi connectivity index (χ4n) is 4.84. The summed E-state index contributed by atoms with van der Waals surface area (Å²) in [6, 6.07) is 8.75. The van der Waals surface area contributed by atoms with E-state index < -0.39 is 9.84 Å². The summed E-state index contributed by atoms with van der Waals surface area (Å²) in [4.78, 5) is 4.88. The number of benzene rings is 1. The first-order valence-corrected chi connectivity index (χ1v) is 12.2. The summed E-state index contributed by atoms with van der Waals surface area (Å²) in [5.74, 6) is 1.72. The average molecular weight is 410 g/mol. The number of fused-ring (bicyclic) bond motifs is 4. The van der Waals surface area contributed by atoms with E-state index in [4.69, 9.17) is 10.5 Å². The van der Waals surface area contributed by atoms with Gasteiger partial charge in [0.05, 0.1) is 18.1 Å². The van der Waals surface area contributed by atoms with Gasteiger partial charge in [0.15, 0.2) is 9.84 Å². The topological polar surface area (TPSA) is 75.9 Å². The molecule has 3 aliphatic heterocycles. The molecule has 0 spiro atoms. The molecule has 2 atom stereocenters. The van der Waals surface area contributed by atoms with Crippen LogP contribution in [0.15, 0.2) is 24.3 Å². The van der Waals surface area contributed by atoms with E-state index in [1.54, 1.807) is 0 Å². The number of ether oxygens (including phenoxy) is 1. The van der Waals surface area contributed by atoms with E-state index in [1.165, 1.54) is 12.1 Å². The minimum absolute atomic E-state index is 0.0808. The molecular weight excluding hydrogens is 374 g/mol. The highest BCUT2D eigenvalue weighted by Gasteiger charge is 2.45. The summed E-state index contributed by atoms with van der Waals surface area (Å²) in [5.41, 5.74) is 6.85. The summed E-state index contributed by atoms with van der Waals surface area (Å²) < 4.78 is 29.8. The van der Waals surface area contributed by atoms with Gasteiger partial charge in [-0.15, -0.1) is 0 Å². The van der Waals surface area contributed by atoms with Crippen LogP contribution < -0.4 is 15.4 Å². The van der Waals surface area contributed by atoms with Gasteiger partial charge in [-0.25, -0.2) is 8.42 Å². The molecule has 1 aromatic carbocycles. The van der Waals surface area contributed by atoms with Crippen molar-refractivity contribution < 1.29 is 13.2 Å². The summed E-state index contributed by atoms with van der Waals surface area (Å²) in [7, 11) is -3.06. The minimum atomic E-state index is -3.06. The molecule has 28 heavy (non-hydrogen) atoms. The highest BCUT2D eigenvalue weighted by molar-refractivity contribution is 7.91. The van der Waals surface area contributed by atoms with Gasteiger partial charge in [-0.1, -0.05) is 13.8 Å². The molecule has 3 fully saturated rings. The zero-order chi connectivity index (χ0) is 20.4. The largest absolute Gasteiger partial charge is 0.494 e. The van der Waals surface area contributed by atoms with Crippen LogP contribution in [0.5, 0.6) is 5.75 Å². The molecular formula is C21H35N3O3S. The van der Waals surface area contributed by atoms with Crippen LogP contribution in [-0.4, -0.2) is 70.2 Å². The Balaban J connectivity index is 1.75. The fraction of sp³-hybridized carbons (Fsp3) is 0.714. The second kappa shape index (κ2) is 8.59. The normalized spacial score (nSPS) is 24.9. The van der Waals surface area contributed by atoms with E-state index >= 15 is 0 Å². The van der Waals surface area contributed by atoms with E-state index in [-0.39, 0.29) is 23.5 Å². The molecule has 7 heteroatoms. The molecule has 0 aromatic heterocycles. The average Bonchev–Trinajstić information content (AvgIpc) is 2.87. The maximum absolute atomic E-state index is 12.1. The molecule has 3 saturated heterocycles. The van der Waals surface area contributed by atoms with Crippen LogP contribution in [0.4, 0.5) is 5.69 Å². The van der Waals surface area contributed by atoms with Gasteiger partial charge >= 0.3 is 0 Å². The van der Waals surface area contributed by atoms with Crippen molar-refractivity contribution in [2.75, 3.05) is 55.7 Å². The summed E-state index contributed by atoms with van der Waals surface area (Å²) >= 11 is 0. The van der Waals surface area contributed by atoms with Gasteiger partial charge in [-0.2, -0.15) is 0 Å². The predicted octanol–water partition coefficient (Wildman–Crippen LogP) is 2.00. The van der Waals surface area contributed by atoms with Gasteiger partial charge in [0.2, 0.25) is 0 Å². The number of nitrogens with two attached hydrogens (primary N) is 1. The molecule has 0 saturated carbocycles. The number of piperidine rings is 1. The van der Waals surface area contributed by atoms with E-state index in [9.17, 15) is 8.42 Å². The molecule has 0 radical (unpaired) electrons. The van der Waals surface area contributed by atoms with Crippen molar-refractivity contribution in [3.63, 3.8) is 0 Å². The van der Waals surface area contributed by atoms with Gasteiger partial charge < -0.3 is 15.4 Å². The van der Waals surface area contributed by atoms with Crippen molar-refractivity contribution in [1.29, 1.82) is 0 Å². The van der Waals surface area contributed by atoms with E-state index in [2.05, 4.69) is 35.8 Å². The van der Waals surface area contributed by atoms with Gasteiger partial charge in [0.1, 0.15) is 5.75 Å². The van der Waals surface area contributed by atoms with E-state index in [1.807, 2.05) is 19.1 Å². The number of hydrogen-bond acceptors (Lipinski definition) is 6. The van der Waals surface area contributed by atoms with Crippen molar-refractivity contribution in [3.05, 3.63) is 24.3 Å². The van der Waals surface area contributed by atoms with Crippen LogP contribution >= 0.6 is 0 Å². The lowest BCUT2D eigenvalue weighted by Crippen LogP contribution is -2.54. The van der Waals surface area contributed by atoms with Crippen LogP contribution in [0.2, 0.25) is 0 Å². The highest BCUT2D eigenvalue weighted by Crippen LogP contribution is 2.43. The first-order chi connectivity index (χ1) is 13.2. The van der Waals surface area contributed by atoms with Crippen molar-refractivity contribution in [2.45, 2.75) is 33.2 Å². The second-order valence-corrected chi connectivity index (χ2v) is 11.2. The zero-order valence-electron chi connectivity index (χ0n) is 17.4. The lowest BCUT2D eigenvalue weighted by atomic mass is 9.73. The van der Waals surface area contributed by atoms with Crippen LogP contribution in [0.3, 0.4) is 0 Å². The summed E-state index contributed by atoms with van der Waals surface area (Å²) in [5, 5.41) is 0. The maximum Gasteiger partial charge on any atom is 0.152 e. The smallest absolute Gasteiger partial charge is 0.152 e. The SMILES string of the molecule is CCOc1ccc(N2CC3CN(CCS(=O)(=O)CCN)CC2C(C)(C)C3)cc1. The van der Waals surface area contributed by atoms with Crippen LogP contribution in [-0.2, 0) is 9.84 Å². The molecule has 3 aliphatic rings. The Kier molecular flexibility index (Phi) is 6.57. The molecule has 2 bridgehead atoms. The first-order valence-electron chi connectivity index (χ1n) is 10.4. The fourth-order valence-corrected chi connectivity index (χ4v) is 5.94. The number of nitrogens with zero attached hydrogens (tertiary/aromatic N) is 2. The standard InChI is InChI=1S/C21H35N3O3S/c1-4-27-19-7-5-18(6-8-19)24-15-17-13-21(2,3)20(24)16-23(14-17)10-12-28(25,26)11-9-22/h5-8,17,20H,4,9-16,22H2,1-3H3. The third-order valence-corrected chi connectivity index (χ3v) is 7.78. The quantitative estimate of drug-likeness (QED) is 0.708. The third-order valence-electron chi connectivity index (χ3n) is 6.12. The molecule has 0 aliphatic carbocycles. The zero-order valence-corrected chi connectivity index (χ0v) is 18.2. The predicted molar refractivity (Wildman–Crippen MR) is 115 cm³/mol. The highest BCUT2D eigenvalue weighted by atomic mass is 32.2. The molecule has 4 rings (SSSR count). The molecule has 158 valence electrons. The third kappa shape index (κ3) is 4.99. The van der Waals surface area contributed by atoms with Crippen molar-refractivity contribution in [3.8, 4) is 5.75 Å². The van der Waals surface area contributed by atoms with E-state index in [0.717, 1.165) is 25.4 Å². The molecule has 3 heterocycles. The minimum Gasteiger partial charge on any atom is -0.494 e. The van der Waals surface area contributed by atoms with Crippen LogP contribution in [0.25, 0.3) is 0 Å². The Bertz CT molecular complexity index is 749. The number of rotatable bonds is 8. The molecule has 2 unspecified atom stereocenters. The van der Waals surface area contributed by atoms with Gasteiger partial charge in [-0.05, 0) is 48.9 Å². The molecule has 6 nitrogen and oxygen atoms in total. The number of hydrogen-bond donors (Lipinski definition) is 1. The second-order valence-electron chi connectivity index (χ2n) is 8.85. The Morgan fingerprint density at radius 3 is 2.50 bits per heavy atom. The van der Waals surface area contributed by atoms with Gasteiger partial charge in [0.25, 0.3) is 0 Å². The Morgan fingerprint density at radius 2 is 1.86 bits per heavy atom. The van der Waals surface area contributed by atoms with Crippen LogP contribution in [0.1, 0.15) is 27.2 Å². The Morgan fingerprint density at radius 1 is 1.14 bits per heavy atom. The van der Waals surface area contributed by atoms with Crippen LogP contribution in [0, 0.1) is 11.3 Å². The van der Waals surface area contributed by atoms with Crippen molar-refractivity contribution in [1.82, 2.24) is 4.90 Å². The lowest BCUT2D eigenvalue weighted by Gasteiger charge is -2.48. The molecule has 1 aromatic rings. The van der Waals surface area contributed by atoms with Gasteiger partial charge in [0, 0.05) is 44.5 Å². The van der Waals surface area contributed by atoms with Gasteiger partial charge in [-0.3, -0.25) is 4.90 Å². The monoisotopic (exact) mass is 409 g/mol. The first kappa shape index (κ1) is 21.4. The summed E-state index contributed by atoms with van der Waals surface area (Å²) in [6.07, 6.45) is 1.18.